The van der Waals surface area contributed by atoms with Crippen molar-refractivity contribution in [3.63, 3.8) is 0 Å². The van der Waals surface area contributed by atoms with Crippen LogP contribution in [0.1, 0.15) is 22.8 Å². The van der Waals surface area contributed by atoms with Crippen molar-refractivity contribution in [2.75, 3.05) is 0 Å². The van der Waals surface area contributed by atoms with Crippen LogP contribution >= 0.6 is 0 Å². The summed E-state index contributed by atoms with van der Waals surface area (Å²) < 4.78 is 5.36. The van der Waals surface area contributed by atoms with Gasteiger partial charge in [-0.05, 0) is 25.0 Å². The molecule has 2 aromatic rings. The van der Waals surface area contributed by atoms with E-state index in [0.717, 1.165) is 18.2 Å². The number of aromatic nitrogens is 2. The molecule has 4 nitrogen and oxygen atoms in total. The number of pyridine rings is 1. The molecule has 0 unspecified atom stereocenters. The van der Waals surface area contributed by atoms with Crippen LogP contribution in [0.25, 0.3) is 0 Å². The van der Waals surface area contributed by atoms with Gasteiger partial charge in [-0.15, -0.1) is 0 Å². The average Bonchev–Trinajstić information content (AvgIpc) is 2.64. The van der Waals surface area contributed by atoms with E-state index in [2.05, 4.69) is 21.4 Å². The maximum absolute atomic E-state index is 5.36. The minimum absolute atomic E-state index is 0.641. The van der Waals surface area contributed by atoms with E-state index in [1.807, 2.05) is 26.2 Å². The third kappa shape index (κ3) is 2.90. The quantitative estimate of drug-likeness (QED) is 0.850. The zero-order valence-electron chi connectivity index (χ0n) is 9.53. The molecule has 0 aliphatic carbocycles. The molecule has 4 heteroatoms. The zero-order chi connectivity index (χ0) is 11.4. The third-order valence-electron chi connectivity index (χ3n) is 2.21. The van der Waals surface area contributed by atoms with E-state index in [1.54, 1.807) is 6.20 Å². The molecule has 0 amide bonds. The van der Waals surface area contributed by atoms with Gasteiger partial charge in [-0.1, -0.05) is 6.07 Å². The summed E-state index contributed by atoms with van der Waals surface area (Å²) in [7, 11) is 0. The summed E-state index contributed by atoms with van der Waals surface area (Å²) in [5.41, 5.74) is 2.34. The van der Waals surface area contributed by atoms with Gasteiger partial charge in [-0.2, -0.15) is 0 Å². The molecule has 2 rings (SSSR count). The summed E-state index contributed by atoms with van der Waals surface area (Å²) in [4.78, 5) is 8.25. The second kappa shape index (κ2) is 4.90. The van der Waals surface area contributed by atoms with Crippen LogP contribution in [0.2, 0.25) is 0 Å². The highest BCUT2D eigenvalue weighted by atomic mass is 16.4. The molecule has 0 radical (unpaired) electrons. The van der Waals surface area contributed by atoms with Crippen LogP contribution in [0.3, 0.4) is 0 Å². The molecule has 2 heterocycles. The van der Waals surface area contributed by atoms with Crippen LogP contribution in [0.4, 0.5) is 0 Å². The van der Waals surface area contributed by atoms with Crippen LogP contribution in [-0.4, -0.2) is 9.97 Å². The lowest BCUT2D eigenvalue weighted by Crippen LogP contribution is -2.13. The summed E-state index contributed by atoms with van der Waals surface area (Å²) >= 11 is 0. The fraction of sp³-hybridized carbons (Fsp3) is 0.333. The van der Waals surface area contributed by atoms with Crippen molar-refractivity contribution in [3.8, 4) is 0 Å². The van der Waals surface area contributed by atoms with E-state index in [4.69, 9.17) is 4.42 Å². The molecule has 0 bridgehead atoms. The van der Waals surface area contributed by atoms with Crippen molar-refractivity contribution in [1.82, 2.24) is 15.3 Å². The summed E-state index contributed by atoms with van der Waals surface area (Å²) in [6, 6.07) is 2.11. The van der Waals surface area contributed by atoms with E-state index in [1.165, 1.54) is 11.1 Å². The molecule has 0 saturated heterocycles. The zero-order valence-corrected chi connectivity index (χ0v) is 9.53. The van der Waals surface area contributed by atoms with Gasteiger partial charge in [0.15, 0.2) is 0 Å². The summed E-state index contributed by atoms with van der Waals surface area (Å²) in [5, 5.41) is 3.26. The van der Waals surface area contributed by atoms with Gasteiger partial charge < -0.3 is 9.73 Å². The Balaban J connectivity index is 1.84. The second-order valence-electron chi connectivity index (χ2n) is 3.84. The van der Waals surface area contributed by atoms with Gasteiger partial charge >= 0.3 is 0 Å². The highest BCUT2D eigenvalue weighted by Gasteiger charge is 2.00. The van der Waals surface area contributed by atoms with Gasteiger partial charge in [0.1, 0.15) is 5.76 Å². The first-order chi connectivity index (χ1) is 7.74. The molecule has 0 aromatic carbocycles. The standard InChI is InChI=1S/C12H15N3O/c1-9-3-11(6-13-4-9)7-14-8-12-15-5-10(2)16-12/h3-6,14H,7-8H2,1-2H3. The van der Waals surface area contributed by atoms with Crippen LogP contribution in [0, 0.1) is 13.8 Å². The average molecular weight is 217 g/mol. The molecule has 16 heavy (non-hydrogen) atoms. The van der Waals surface area contributed by atoms with Crippen LogP contribution in [-0.2, 0) is 13.1 Å². The van der Waals surface area contributed by atoms with E-state index in [9.17, 15) is 0 Å². The Morgan fingerprint density at radius 1 is 1.19 bits per heavy atom. The lowest BCUT2D eigenvalue weighted by Gasteiger charge is -2.02. The van der Waals surface area contributed by atoms with Crippen molar-refractivity contribution >= 4 is 0 Å². The highest BCUT2D eigenvalue weighted by Crippen LogP contribution is 2.03. The number of nitrogens with zero attached hydrogens (tertiary/aromatic N) is 2. The van der Waals surface area contributed by atoms with Crippen molar-refractivity contribution < 1.29 is 4.42 Å². The van der Waals surface area contributed by atoms with E-state index in [0.29, 0.717) is 6.54 Å². The maximum atomic E-state index is 5.36. The topological polar surface area (TPSA) is 51.0 Å². The Hall–Kier alpha value is -1.68. The Morgan fingerprint density at radius 3 is 2.75 bits per heavy atom. The molecule has 0 spiro atoms. The SMILES string of the molecule is Cc1cncc(CNCc2ncc(C)o2)c1. The van der Waals surface area contributed by atoms with Crippen molar-refractivity contribution in [1.29, 1.82) is 0 Å². The van der Waals surface area contributed by atoms with Gasteiger partial charge in [-0.25, -0.2) is 4.98 Å². The molecular formula is C12H15N3O. The number of aryl methyl sites for hydroxylation is 2. The molecule has 2 aromatic heterocycles. The fourth-order valence-electron chi connectivity index (χ4n) is 1.51. The second-order valence-corrected chi connectivity index (χ2v) is 3.84. The molecule has 0 aliphatic heterocycles. The molecule has 0 aliphatic rings. The minimum Gasteiger partial charge on any atom is -0.445 e. The van der Waals surface area contributed by atoms with E-state index >= 15 is 0 Å². The van der Waals surface area contributed by atoms with Gasteiger partial charge in [0.05, 0.1) is 12.7 Å². The minimum atomic E-state index is 0.641. The fourth-order valence-corrected chi connectivity index (χ4v) is 1.51. The molecule has 0 fully saturated rings. The number of rotatable bonds is 4. The summed E-state index contributed by atoms with van der Waals surface area (Å²) in [5.74, 6) is 1.56. The van der Waals surface area contributed by atoms with E-state index in [-0.39, 0.29) is 0 Å². The maximum Gasteiger partial charge on any atom is 0.208 e. The lowest BCUT2D eigenvalue weighted by molar-refractivity contribution is 0.449. The molecular weight excluding hydrogens is 202 g/mol. The smallest absolute Gasteiger partial charge is 0.208 e. The Labute approximate surface area is 94.7 Å². The Kier molecular flexibility index (Phi) is 3.31. The normalized spacial score (nSPS) is 10.6. The van der Waals surface area contributed by atoms with Gasteiger partial charge in [-0.3, -0.25) is 4.98 Å². The molecule has 84 valence electrons. The molecule has 0 atom stereocenters. The predicted molar refractivity (Wildman–Crippen MR) is 60.8 cm³/mol. The summed E-state index contributed by atoms with van der Waals surface area (Å²) in [6.07, 6.45) is 5.44. The first kappa shape index (κ1) is 10.8. The van der Waals surface area contributed by atoms with Crippen molar-refractivity contribution in [3.05, 3.63) is 47.4 Å². The lowest BCUT2D eigenvalue weighted by atomic mass is 10.2. The first-order valence-electron chi connectivity index (χ1n) is 5.26. The van der Waals surface area contributed by atoms with Crippen molar-refractivity contribution in [2.24, 2.45) is 0 Å². The van der Waals surface area contributed by atoms with Crippen LogP contribution < -0.4 is 5.32 Å². The van der Waals surface area contributed by atoms with Crippen LogP contribution in [0.5, 0.6) is 0 Å². The van der Waals surface area contributed by atoms with Crippen molar-refractivity contribution in [2.45, 2.75) is 26.9 Å². The Bertz CT molecular complexity index is 465. The number of oxazole rings is 1. The number of nitrogens with one attached hydrogen (secondary N) is 1. The first-order valence-corrected chi connectivity index (χ1v) is 5.26. The predicted octanol–water partition coefficient (Wildman–Crippen LogP) is 1.98. The number of hydrogen-bond acceptors (Lipinski definition) is 4. The van der Waals surface area contributed by atoms with Gasteiger partial charge in [0.2, 0.25) is 5.89 Å². The van der Waals surface area contributed by atoms with E-state index < -0.39 is 0 Å². The molecule has 1 N–H and O–H groups in total. The summed E-state index contributed by atoms with van der Waals surface area (Å²) in [6.45, 7) is 5.34. The number of hydrogen-bond donors (Lipinski definition) is 1. The molecule has 0 saturated carbocycles. The monoisotopic (exact) mass is 217 g/mol. The Morgan fingerprint density at radius 2 is 2.06 bits per heavy atom. The van der Waals surface area contributed by atoms with Gasteiger partial charge in [0, 0.05) is 18.9 Å². The largest absolute Gasteiger partial charge is 0.445 e. The van der Waals surface area contributed by atoms with Gasteiger partial charge in [0.25, 0.3) is 0 Å². The highest BCUT2D eigenvalue weighted by molar-refractivity contribution is 5.16. The van der Waals surface area contributed by atoms with Crippen LogP contribution in [0.15, 0.2) is 29.1 Å². The third-order valence-corrected chi connectivity index (χ3v) is 2.21.